The Morgan fingerprint density at radius 1 is 1.10 bits per heavy atom. The van der Waals surface area contributed by atoms with E-state index in [1.807, 2.05) is 0 Å². The van der Waals surface area contributed by atoms with E-state index in [1.165, 1.54) is 25.1 Å². The van der Waals surface area contributed by atoms with Gasteiger partial charge < -0.3 is 5.32 Å². The van der Waals surface area contributed by atoms with Gasteiger partial charge in [-0.1, -0.05) is 15.9 Å². The molecule has 0 aliphatic carbocycles. The molecule has 0 aliphatic heterocycles. The lowest BCUT2D eigenvalue weighted by Gasteiger charge is -2.09. The third kappa shape index (κ3) is 3.64. The van der Waals surface area contributed by atoms with Crippen LogP contribution in [0.5, 0.6) is 0 Å². The summed E-state index contributed by atoms with van der Waals surface area (Å²) in [7, 11) is 0. The maximum Gasteiger partial charge on any atom is 0.254 e. The largest absolute Gasteiger partial charge is 0.348 e. The fraction of sp³-hybridized carbons (Fsp3) is 0.133. The zero-order valence-corrected chi connectivity index (χ0v) is 12.6. The van der Waals surface area contributed by atoms with Gasteiger partial charge in [0.05, 0.1) is 5.56 Å². The van der Waals surface area contributed by atoms with Gasteiger partial charge in [-0.25, -0.2) is 13.2 Å². The zero-order valence-electron chi connectivity index (χ0n) is 11.0. The van der Waals surface area contributed by atoms with Crippen molar-refractivity contribution in [1.82, 2.24) is 5.32 Å². The highest BCUT2D eigenvalue weighted by Crippen LogP contribution is 2.17. The Balaban J connectivity index is 2.15. The van der Waals surface area contributed by atoms with Gasteiger partial charge in [0.15, 0.2) is 0 Å². The molecule has 0 spiro atoms. The molecule has 0 bridgehead atoms. The molecular formula is C15H11BrF3NO. The molecule has 6 heteroatoms. The first-order chi connectivity index (χ1) is 9.88. The molecule has 1 amide bonds. The summed E-state index contributed by atoms with van der Waals surface area (Å²) in [4.78, 5) is 11.9. The monoisotopic (exact) mass is 357 g/mol. The Bertz CT molecular complexity index is 704. The molecule has 2 aromatic rings. The van der Waals surface area contributed by atoms with Crippen LogP contribution < -0.4 is 5.32 Å². The number of halogens is 4. The third-order valence-corrected chi connectivity index (χ3v) is 3.43. The number of carbonyl (C=O) groups is 1. The summed E-state index contributed by atoms with van der Waals surface area (Å²) in [5.41, 5.74) is 0.149. The predicted molar refractivity (Wildman–Crippen MR) is 76.4 cm³/mol. The first-order valence-electron chi connectivity index (χ1n) is 6.06. The second-order valence-electron chi connectivity index (χ2n) is 4.50. The lowest BCUT2D eigenvalue weighted by Crippen LogP contribution is -2.24. The molecule has 0 aliphatic rings. The molecule has 2 rings (SSSR count). The van der Waals surface area contributed by atoms with E-state index in [2.05, 4.69) is 21.2 Å². The number of hydrogen-bond acceptors (Lipinski definition) is 1. The molecule has 2 nitrogen and oxygen atoms in total. The fourth-order valence-corrected chi connectivity index (χ4v) is 2.19. The second-order valence-corrected chi connectivity index (χ2v) is 5.42. The molecule has 0 unspecified atom stereocenters. The van der Waals surface area contributed by atoms with Crippen molar-refractivity contribution < 1.29 is 18.0 Å². The van der Waals surface area contributed by atoms with Crippen molar-refractivity contribution in [2.45, 2.75) is 13.5 Å². The van der Waals surface area contributed by atoms with Crippen LogP contribution in [0.15, 0.2) is 34.8 Å². The average molecular weight is 358 g/mol. The van der Waals surface area contributed by atoms with Crippen molar-refractivity contribution >= 4 is 21.8 Å². The maximum absolute atomic E-state index is 13.6. The summed E-state index contributed by atoms with van der Waals surface area (Å²) in [5, 5.41) is 2.41. The lowest BCUT2D eigenvalue weighted by molar-refractivity contribution is 0.0946. The quantitative estimate of drug-likeness (QED) is 0.879. The summed E-state index contributed by atoms with van der Waals surface area (Å²) in [6, 6.07) is 6.08. The van der Waals surface area contributed by atoms with E-state index in [-0.39, 0.29) is 23.2 Å². The maximum atomic E-state index is 13.6. The number of carbonyl (C=O) groups excluding carboxylic acids is 1. The molecule has 2 aromatic carbocycles. The Labute approximate surface area is 128 Å². The van der Waals surface area contributed by atoms with E-state index < -0.39 is 23.4 Å². The van der Waals surface area contributed by atoms with Crippen LogP contribution in [0.4, 0.5) is 13.2 Å². The summed E-state index contributed by atoms with van der Waals surface area (Å²) >= 11 is 3.20. The van der Waals surface area contributed by atoms with Gasteiger partial charge in [0.2, 0.25) is 0 Å². The van der Waals surface area contributed by atoms with E-state index in [9.17, 15) is 18.0 Å². The third-order valence-electron chi connectivity index (χ3n) is 2.94. The minimum Gasteiger partial charge on any atom is -0.348 e. The second kappa shape index (κ2) is 6.30. The highest BCUT2D eigenvalue weighted by Gasteiger charge is 2.15. The molecule has 0 aromatic heterocycles. The van der Waals surface area contributed by atoms with Crippen LogP contribution >= 0.6 is 15.9 Å². The SMILES string of the molecule is Cc1cc(C(=O)NCc2cc(Br)ccc2F)c(F)cc1F. The van der Waals surface area contributed by atoms with E-state index in [0.29, 0.717) is 10.5 Å². The van der Waals surface area contributed by atoms with Crippen molar-refractivity contribution in [3.8, 4) is 0 Å². The van der Waals surface area contributed by atoms with Gasteiger partial charge in [0.1, 0.15) is 17.5 Å². The minimum atomic E-state index is -0.953. The van der Waals surface area contributed by atoms with Crippen LogP contribution in [0.25, 0.3) is 0 Å². The summed E-state index contributed by atoms with van der Waals surface area (Å²) in [6.45, 7) is 1.33. The van der Waals surface area contributed by atoms with Gasteiger partial charge in [-0.2, -0.15) is 0 Å². The predicted octanol–water partition coefficient (Wildman–Crippen LogP) is 4.10. The average Bonchev–Trinajstić information content (AvgIpc) is 2.43. The van der Waals surface area contributed by atoms with E-state index in [1.54, 1.807) is 0 Å². The summed E-state index contributed by atoms with van der Waals surface area (Å²) in [5.74, 6) is -2.88. The molecule has 0 fully saturated rings. The molecule has 0 radical (unpaired) electrons. The number of aryl methyl sites for hydroxylation is 1. The van der Waals surface area contributed by atoms with Gasteiger partial charge in [0, 0.05) is 22.6 Å². The van der Waals surface area contributed by atoms with Gasteiger partial charge in [-0.15, -0.1) is 0 Å². The lowest BCUT2D eigenvalue weighted by atomic mass is 10.1. The number of rotatable bonds is 3. The topological polar surface area (TPSA) is 29.1 Å². The Morgan fingerprint density at radius 3 is 2.52 bits per heavy atom. The van der Waals surface area contributed by atoms with Gasteiger partial charge in [0.25, 0.3) is 5.91 Å². The van der Waals surface area contributed by atoms with Crippen LogP contribution in [0.3, 0.4) is 0 Å². The molecular weight excluding hydrogens is 347 g/mol. The van der Waals surface area contributed by atoms with Gasteiger partial charge in [-0.3, -0.25) is 4.79 Å². The van der Waals surface area contributed by atoms with Crippen molar-refractivity contribution in [3.63, 3.8) is 0 Å². The van der Waals surface area contributed by atoms with Crippen LogP contribution in [-0.4, -0.2) is 5.91 Å². The first-order valence-corrected chi connectivity index (χ1v) is 6.85. The summed E-state index contributed by atoms with van der Waals surface area (Å²) in [6.07, 6.45) is 0. The molecule has 21 heavy (non-hydrogen) atoms. The molecule has 0 saturated carbocycles. The fourth-order valence-electron chi connectivity index (χ4n) is 1.78. The minimum absolute atomic E-state index is 0.0973. The summed E-state index contributed by atoms with van der Waals surface area (Å²) < 4.78 is 40.9. The zero-order chi connectivity index (χ0) is 15.6. The van der Waals surface area contributed by atoms with E-state index in [0.717, 1.165) is 6.07 Å². The highest BCUT2D eigenvalue weighted by atomic mass is 79.9. The first kappa shape index (κ1) is 15.6. The number of hydrogen-bond donors (Lipinski definition) is 1. The van der Waals surface area contributed by atoms with E-state index in [4.69, 9.17) is 0 Å². The normalized spacial score (nSPS) is 10.5. The van der Waals surface area contributed by atoms with Gasteiger partial charge in [-0.05, 0) is 36.8 Å². The smallest absolute Gasteiger partial charge is 0.254 e. The van der Waals surface area contributed by atoms with Crippen LogP contribution in [0, 0.1) is 24.4 Å². The Kier molecular flexibility index (Phi) is 4.67. The molecule has 0 saturated heterocycles. The van der Waals surface area contributed by atoms with Crippen molar-refractivity contribution in [3.05, 3.63) is 68.9 Å². The van der Waals surface area contributed by atoms with Gasteiger partial charge >= 0.3 is 0 Å². The van der Waals surface area contributed by atoms with Crippen LogP contribution in [-0.2, 0) is 6.54 Å². The number of benzene rings is 2. The molecule has 0 atom stereocenters. The molecule has 110 valence electrons. The molecule has 0 heterocycles. The van der Waals surface area contributed by atoms with Crippen molar-refractivity contribution in [1.29, 1.82) is 0 Å². The van der Waals surface area contributed by atoms with Crippen LogP contribution in [0.1, 0.15) is 21.5 Å². The molecule has 1 N–H and O–H groups in total. The number of amides is 1. The highest BCUT2D eigenvalue weighted by molar-refractivity contribution is 9.10. The standard InChI is InChI=1S/C15H11BrF3NO/c1-8-4-11(14(19)6-13(8)18)15(21)20-7-9-5-10(16)2-3-12(9)17/h2-6H,7H2,1H3,(H,20,21). The van der Waals surface area contributed by atoms with Crippen molar-refractivity contribution in [2.75, 3.05) is 0 Å². The number of nitrogens with one attached hydrogen (secondary N) is 1. The Morgan fingerprint density at radius 2 is 1.81 bits per heavy atom. The van der Waals surface area contributed by atoms with Crippen LogP contribution in [0.2, 0.25) is 0 Å². The van der Waals surface area contributed by atoms with Crippen molar-refractivity contribution in [2.24, 2.45) is 0 Å². The van der Waals surface area contributed by atoms with E-state index >= 15 is 0 Å². The Hall–Kier alpha value is -1.82.